The van der Waals surface area contributed by atoms with Gasteiger partial charge in [0.2, 0.25) is 0 Å². The third-order valence-corrected chi connectivity index (χ3v) is 9.09. The maximum atomic E-state index is 12.1. The monoisotopic (exact) mass is 392 g/mol. The first kappa shape index (κ1) is 16.7. The fourth-order valence-corrected chi connectivity index (χ4v) is 7.81. The topological polar surface area (TPSA) is 125 Å². The lowest BCUT2D eigenvalue weighted by atomic mass is 9.46. The highest BCUT2D eigenvalue weighted by Crippen LogP contribution is 2.83. The van der Waals surface area contributed by atoms with Gasteiger partial charge in [0.1, 0.15) is 30.5 Å². The van der Waals surface area contributed by atoms with Crippen LogP contribution in [-0.4, -0.2) is 80.8 Å². The Morgan fingerprint density at radius 3 is 2.61 bits per heavy atom. The van der Waals surface area contributed by atoms with Crippen LogP contribution in [0.25, 0.3) is 0 Å². The lowest BCUT2D eigenvalue weighted by Crippen LogP contribution is -2.71. The van der Waals surface area contributed by atoms with E-state index in [4.69, 9.17) is 18.9 Å². The van der Waals surface area contributed by atoms with Gasteiger partial charge in [0, 0.05) is 5.41 Å². The van der Waals surface area contributed by atoms with Crippen LogP contribution in [0.2, 0.25) is 0 Å². The average molecular weight is 392 g/mol. The van der Waals surface area contributed by atoms with Gasteiger partial charge >= 0.3 is 5.97 Å². The van der Waals surface area contributed by atoms with Crippen molar-refractivity contribution in [2.24, 2.45) is 11.3 Å². The molecule has 0 bridgehead atoms. The molecule has 7 aliphatic rings. The number of rotatable bonds is 1. The summed E-state index contributed by atoms with van der Waals surface area (Å²) in [4.78, 5) is 12.1. The van der Waals surface area contributed by atoms with E-state index in [1.807, 2.05) is 0 Å². The molecule has 0 radical (unpaired) electrons. The van der Waals surface area contributed by atoms with Gasteiger partial charge in [-0.05, 0) is 38.2 Å². The van der Waals surface area contributed by atoms with Crippen LogP contribution in [0.15, 0.2) is 11.1 Å². The summed E-state index contributed by atoms with van der Waals surface area (Å²) >= 11 is 0. The highest BCUT2D eigenvalue weighted by molar-refractivity contribution is 5.93. The van der Waals surface area contributed by atoms with Gasteiger partial charge in [0.05, 0.1) is 23.4 Å². The van der Waals surface area contributed by atoms with Gasteiger partial charge in [-0.15, -0.1) is 0 Å². The molecule has 3 saturated heterocycles. The highest BCUT2D eigenvalue weighted by atomic mass is 16.8. The SMILES string of the molecule is CC(C)(O)[C@]12O[C@H]1[C@@H]1O[C@]13[C@]1(O[C@H]1C[C@H]1C4=C(C(=O)OC4)C(O)C[C@@]13C)[C@@H]2O. The number of epoxide rings is 3. The van der Waals surface area contributed by atoms with Gasteiger partial charge in [0.25, 0.3) is 0 Å². The second-order valence-corrected chi connectivity index (χ2v) is 10.4. The van der Waals surface area contributed by atoms with Gasteiger partial charge in [-0.3, -0.25) is 0 Å². The summed E-state index contributed by atoms with van der Waals surface area (Å²) in [5.41, 5.74) is -3.37. The van der Waals surface area contributed by atoms with Crippen LogP contribution in [0.1, 0.15) is 33.6 Å². The quantitative estimate of drug-likeness (QED) is 0.391. The Bertz CT molecular complexity index is 891. The van der Waals surface area contributed by atoms with Gasteiger partial charge in [-0.25, -0.2) is 4.79 Å². The van der Waals surface area contributed by atoms with Crippen molar-refractivity contribution in [3.63, 3.8) is 0 Å². The minimum atomic E-state index is -1.24. The molecule has 4 heterocycles. The molecule has 0 aromatic heterocycles. The minimum absolute atomic E-state index is 0.0245. The standard InChI is InChI=1S/C20H24O8/c1-16(2,24)19-12(27-19)13-20(28-13)17(3)5-9(21)11-7(6-25-14(11)22)8(17)4-10-18(20,26-10)15(19)23/h8-10,12-13,15,21,23-24H,4-6H2,1-3H3/t8-,9?,10-,12-,13-,15-,17-,18+,19-,20+/m0/s1. The fourth-order valence-electron chi connectivity index (χ4n) is 7.81. The van der Waals surface area contributed by atoms with E-state index in [2.05, 4.69) is 6.92 Å². The Kier molecular flexibility index (Phi) is 2.44. The number of carbonyl (C=O) groups is 1. The summed E-state index contributed by atoms with van der Waals surface area (Å²) in [6, 6.07) is 0. The van der Waals surface area contributed by atoms with Crippen molar-refractivity contribution in [1.82, 2.24) is 0 Å². The molecular formula is C20H24O8. The van der Waals surface area contributed by atoms with Crippen molar-refractivity contribution < 1.29 is 39.1 Å². The summed E-state index contributed by atoms with van der Waals surface area (Å²) in [6.45, 7) is 5.56. The normalized spacial score (nSPS) is 62.6. The van der Waals surface area contributed by atoms with Crippen molar-refractivity contribution >= 4 is 5.97 Å². The van der Waals surface area contributed by atoms with Crippen molar-refractivity contribution in [1.29, 1.82) is 0 Å². The Balaban J connectivity index is 1.39. The van der Waals surface area contributed by atoms with Gasteiger partial charge in [-0.1, -0.05) is 6.92 Å². The van der Waals surface area contributed by atoms with E-state index >= 15 is 0 Å². The number of esters is 1. The van der Waals surface area contributed by atoms with Crippen LogP contribution in [0.3, 0.4) is 0 Å². The molecule has 8 heteroatoms. The van der Waals surface area contributed by atoms with E-state index in [0.717, 1.165) is 5.57 Å². The summed E-state index contributed by atoms with van der Waals surface area (Å²) < 4.78 is 23.8. The summed E-state index contributed by atoms with van der Waals surface area (Å²) in [5, 5.41) is 33.0. The average Bonchev–Trinajstić information content (AvgIpc) is 3.47. The minimum Gasteiger partial charge on any atom is -0.458 e. The van der Waals surface area contributed by atoms with Crippen LogP contribution in [0.4, 0.5) is 0 Å². The molecule has 0 aromatic carbocycles. The molecule has 2 spiro atoms. The molecular weight excluding hydrogens is 368 g/mol. The molecule has 3 aliphatic carbocycles. The third kappa shape index (κ3) is 1.30. The highest BCUT2D eigenvalue weighted by Gasteiger charge is 3.01. The number of aliphatic hydroxyl groups excluding tert-OH is 2. The summed E-state index contributed by atoms with van der Waals surface area (Å²) in [5.74, 6) is -0.456. The number of cyclic esters (lactones) is 1. The molecule has 28 heavy (non-hydrogen) atoms. The molecule has 0 aromatic rings. The molecule has 1 unspecified atom stereocenters. The summed E-state index contributed by atoms with van der Waals surface area (Å²) in [7, 11) is 0. The van der Waals surface area contributed by atoms with Gasteiger partial charge < -0.3 is 34.3 Å². The maximum Gasteiger partial charge on any atom is 0.337 e. The number of carbonyl (C=O) groups excluding carboxylic acids is 1. The number of hydrogen-bond acceptors (Lipinski definition) is 8. The van der Waals surface area contributed by atoms with Crippen molar-refractivity contribution in [3.05, 3.63) is 11.1 Å². The molecule has 3 N–H and O–H groups in total. The molecule has 152 valence electrons. The van der Waals surface area contributed by atoms with Crippen molar-refractivity contribution in [3.8, 4) is 0 Å². The largest absolute Gasteiger partial charge is 0.458 e. The van der Waals surface area contributed by atoms with E-state index in [1.54, 1.807) is 13.8 Å². The second kappa shape index (κ2) is 4.08. The number of aliphatic hydroxyl groups is 3. The first-order valence-electron chi connectivity index (χ1n) is 10.1. The first-order valence-corrected chi connectivity index (χ1v) is 10.1. The van der Waals surface area contributed by atoms with E-state index in [9.17, 15) is 20.1 Å². The van der Waals surface area contributed by atoms with E-state index in [1.165, 1.54) is 0 Å². The Morgan fingerprint density at radius 2 is 1.89 bits per heavy atom. The van der Waals surface area contributed by atoms with Crippen molar-refractivity contribution in [2.45, 2.75) is 86.5 Å². The van der Waals surface area contributed by atoms with E-state index < -0.39 is 52.1 Å². The lowest BCUT2D eigenvalue weighted by molar-refractivity contribution is -0.140. The smallest absolute Gasteiger partial charge is 0.337 e. The molecule has 0 amide bonds. The molecule has 4 aliphatic heterocycles. The van der Waals surface area contributed by atoms with E-state index in [0.29, 0.717) is 18.4 Å². The van der Waals surface area contributed by atoms with Crippen LogP contribution in [0.5, 0.6) is 0 Å². The molecule has 10 atom stereocenters. The maximum absolute atomic E-state index is 12.1. The van der Waals surface area contributed by atoms with Crippen LogP contribution in [0, 0.1) is 11.3 Å². The number of hydrogen-bond donors (Lipinski definition) is 3. The number of fused-ring (bicyclic) bond motifs is 4. The van der Waals surface area contributed by atoms with Gasteiger partial charge in [-0.2, -0.15) is 0 Å². The predicted molar refractivity (Wildman–Crippen MR) is 89.9 cm³/mol. The van der Waals surface area contributed by atoms with Crippen LogP contribution < -0.4 is 0 Å². The lowest BCUT2D eigenvalue weighted by Gasteiger charge is -2.54. The molecule has 8 nitrogen and oxygen atoms in total. The second-order valence-electron chi connectivity index (χ2n) is 10.4. The molecule has 7 rings (SSSR count). The van der Waals surface area contributed by atoms with Crippen LogP contribution in [-0.2, 0) is 23.7 Å². The third-order valence-electron chi connectivity index (χ3n) is 9.09. The van der Waals surface area contributed by atoms with E-state index in [-0.39, 0.29) is 24.7 Å². The zero-order valence-electron chi connectivity index (χ0n) is 16.0. The first-order chi connectivity index (χ1) is 13.1. The Morgan fingerprint density at radius 1 is 1.14 bits per heavy atom. The number of ether oxygens (including phenoxy) is 4. The van der Waals surface area contributed by atoms with Crippen molar-refractivity contribution in [2.75, 3.05) is 6.61 Å². The Hall–Kier alpha value is -1.03. The van der Waals surface area contributed by atoms with Crippen LogP contribution >= 0.6 is 0 Å². The zero-order valence-corrected chi connectivity index (χ0v) is 16.0. The zero-order chi connectivity index (χ0) is 19.6. The Labute approximate surface area is 161 Å². The fraction of sp³-hybridized carbons (Fsp3) is 0.850. The predicted octanol–water partition coefficient (Wildman–Crippen LogP) is -0.811. The molecule has 5 fully saturated rings. The summed E-state index contributed by atoms with van der Waals surface area (Å²) in [6.07, 6.45) is -1.95. The van der Waals surface area contributed by atoms with Gasteiger partial charge in [0.15, 0.2) is 11.2 Å². The molecule has 2 saturated carbocycles.